The summed E-state index contributed by atoms with van der Waals surface area (Å²) in [6.07, 6.45) is 8.33. The van der Waals surface area contributed by atoms with Crippen LogP contribution in [0.5, 0.6) is 5.88 Å². The van der Waals surface area contributed by atoms with Crippen LogP contribution in [-0.2, 0) is 14.3 Å². The molecule has 0 spiro atoms. The summed E-state index contributed by atoms with van der Waals surface area (Å²) in [7, 11) is 0. The van der Waals surface area contributed by atoms with E-state index in [2.05, 4.69) is 39.5 Å². The summed E-state index contributed by atoms with van der Waals surface area (Å²) >= 11 is 0. The molecule has 2 fully saturated rings. The first-order valence-corrected chi connectivity index (χ1v) is 12.7. The van der Waals surface area contributed by atoms with E-state index in [1.165, 1.54) is 12.0 Å². The second-order valence-electron chi connectivity index (χ2n) is 9.13. The van der Waals surface area contributed by atoms with E-state index in [0.717, 1.165) is 50.0 Å². The van der Waals surface area contributed by atoms with Crippen molar-refractivity contribution in [3.8, 4) is 5.88 Å². The molecule has 4 rings (SSSR count). The van der Waals surface area contributed by atoms with Crippen molar-refractivity contribution in [2.45, 2.75) is 58.0 Å². The number of nitrogens with zero attached hydrogens (tertiary/aromatic N) is 3. The number of carbonyl (C=O) groups excluding carboxylic acids is 1. The molecule has 1 saturated heterocycles. The van der Waals surface area contributed by atoms with Crippen LogP contribution >= 0.6 is 0 Å². The molecule has 0 radical (unpaired) electrons. The summed E-state index contributed by atoms with van der Waals surface area (Å²) in [5, 5.41) is 4.36. The number of pyridine rings is 1. The third-order valence-corrected chi connectivity index (χ3v) is 6.22. The molecule has 1 aliphatic carbocycles. The van der Waals surface area contributed by atoms with Crippen molar-refractivity contribution in [3.05, 3.63) is 47.5 Å². The molecule has 8 heteroatoms. The number of rotatable bonds is 10. The maximum Gasteiger partial charge on any atom is 0.306 e. The number of aryl methyl sites for hydroxylation is 1. The van der Waals surface area contributed by atoms with Crippen molar-refractivity contribution in [2.75, 3.05) is 43.2 Å². The van der Waals surface area contributed by atoms with Gasteiger partial charge in [0.15, 0.2) is 5.82 Å². The number of nitrogens with one attached hydrogen (secondary N) is 1. The van der Waals surface area contributed by atoms with Gasteiger partial charge in [0.2, 0.25) is 5.88 Å². The van der Waals surface area contributed by atoms with Gasteiger partial charge in [-0.25, -0.2) is 0 Å². The zero-order valence-electron chi connectivity index (χ0n) is 20.6. The number of hydrogen-bond acceptors (Lipinski definition) is 8. The minimum atomic E-state index is -0.136. The highest BCUT2D eigenvalue weighted by Crippen LogP contribution is 2.25. The molecule has 1 aliphatic heterocycles. The van der Waals surface area contributed by atoms with Crippen LogP contribution in [0.2, 0.25) is 0 Å². The molecule has 2 aromatic rings. The number of anilines is 2. The first kappa shape index (κ1) is 25.0. The fraction of sp³-hybridized carbons (Fsp3) is 0.519. The molecule has 2 aliphatic rings. The molecular formula is C27H36N4O4. The molecule has 0 unspecified atom stereocenters. The van der Waals surface area contributed by atoms with Crippen LogP contribution in [0.3, 0.4) is 0 Å². The summed E-state index contributed by atoms with van der Waals surface area (Å²) in [4.78, 5) is 19.0. The molecule has 0 bridgehead atoms. The molecule has 1 aromatic heterocycles. The van der Waals surface area contributed by atoms with Crippen molar-refractivity contribution in [1.29, 1.82) is 0 Å². The highest BCUT2D eigenvalue weighted by molar-refractivity contribution is 5.80. The summed E-state index contributed by atoms with van der Waals surface area (Å²) in [6, 6.07) is 12.0. The van der Waals surface area contributed by atoms with E-state index < -0.39 is 0 Å². The van der Waals surface area contributed by atoms with Crippen LogP contribution in [0.25, 0.3) is 0 Å². The first-order chi connectivity index (χ1) is 17.2. The fourth-order valence-electron chi connectivity index (χ4n) is 4.37. The first-order valence-electron chi connectivity index (χ1n) is 12.7. The molecule has 35 heavy (non-hydrogen) atoms. The molecular weight excluding hydrogens is 444 g/mol. The molecule has 1 N–H and O–H groups in total. The van der Waals surface area contributed by atoms with E-state index in [0.29, 0.717) is 44.4 Å². The summed E-state index contributed by atoms with van der Waals surface area (Å²) in [5.41, 5.74) is 6.23. The van der Waals surface area contributed by atoms with Gasteiger partial charge in [0.05, 0.1) is 26.0 Å². The number of morpholine rings is 1. The molecule has 0 amide bonds. The van der Waals surface area contributed by atoms with E-state index in [4.69, 9.17) is 14.2 Å². The van der Waals surface area contributed by atoms with E-state index in [1.807, 2.05) is 24.3 Å². The van der Waals surface area contributed by atoms with Crippen molar-refractivity contribution in [2.24, 2.45) is 5.10 Å². The largest absolute Gasteiger partial charge is 0.478 e. The van der Waals surface area contributed by atoms with Crippen LogP contribution in [0.4, 0.5) is 11.5 Å². The Balaban J connectivity index is 1.33. The molecule has 2 heterocycles. The predicted octanol–water partition coefficient (Wildman–Crippen LogP) is 4.71. The third kappa shape index (κ3) is 8.24. The van der Waals surface area contributed by atoms with Gasteiger partial charge >= 0.3 is 5.97 Å². The lowest BCUT2D eigenvalue weighted by Crippen LogP contribution is -2.36. The van der Waals surface area contributed by atoms with Gasteiger partial charge in [0.1, 0.15) is 6.10 Å². The van der Waals surface area contributed by atoms with Gasteiger partial charge in [-0.2, -0.15) is 10.1 Å². The zero-order chi connectivity index (χ0) is 24.3. The number of esters is 1. The lowest BCUT2D eigenvalue weighted by Gasteiger charge is -2.29. The highest BCUT2D eigenvalue weighted by atomic mass is 16.5. The summed E-state index contributed by atoms with van der Waals surface area (Å²) < 4.78 is 17.0. The lowest BCUT2D eigenvalue weighted by molar-refractivity contribution is -0.150. The minimum absolute atomic E-state index is 0.0954. The second kappa shape index (κ2) is 13.1. The van der Waals surface area contributed by atoms with Crippen molar-refractivity contribution >= 4 is 23.7 Å². The predicted molar refractivity (Wildman–Crippen MR) is 137 cm³/mol. The molecule has 1 saturated carbocycles. The van der Waals surface area contributed by atoms with E-state index in [1.54, 1.807) is 6.21 Å². The Morgan fingerprint density at radius 2 is 2.03 bits per heavy atom. The molecule has 8 nitrogen and oxygen atoms in total. The van der Waals surface area contributed by atoms with Gasteiger partial charge in [-0.15, -0.1) is 0 Å². The highest BCUT2D eigenvalue weighted by Gasteiger charge is 2.18. The maximum atomic E-state index is 12.2. The van der Waals surface area contributed by atoms with E-state index in [-0.39, 0.29) is 12.1 Å². The van der Waals surface area contributed by atoms with Gasteiger partial charge < -0.3 is 19.1 Å². The van der Waals surface area contributed by atoms with Crippen molar-refractivity contribution < 1.29 is 19.0 Å². The van der Waals surface area contributed by atoms with Crippen LogP contribution in [0.1, 0.15) is 56.1 Å². The minimum Gasteiger partial charge on any atom is -0.478 e. The average Bonchev–Trinajstić information content (AvgIpc) is 2.88. The topological polar surface area (TPSA) is 85.3 Å². The van der Waals surface area contributed by atoms with Gasteiger partial charge in [-0.1, -0.05) is 36.2 Å². The van der Waals surface area contributed by atoms with Gasteiger partial charge in [0.25, 0.3) is 0 Å². The Bertz CT molecular complexity index is 985. The number of hydrogen-bond donors (Lipinski definition) is 1. The van der Waals surface area contributed by atoms with Gasteiger partial charge in [0, 0.05) is 37.3 Å². The van der Waals surface area contributed by atoms with Crippen LogP contribution in [0.15, 0.2) is 41.5 Å². The molecule has 0 atom stereocenters. The Labute approximate surface area is 207 Å². The number of carbonyl (C=O) groups is 1. The second-order valence-corrected chi connectivity index (χ2v) is 9.13. The number of aromatic nitrogens is 1. The van der Waals surface area contributed by atoms with Gasteiger partial charge in [-0.05, 0) is 44.6 Å². The van der Waals surface area contributed by atoms with E-state index >= 15 is 0 Å². The van der Waals surface area contributed by atoms with E-state index in [9.17, 15) is 4.79 Å². The smallest absolute Gasteiger partial charge is 0.306 e. The van der Waals surface area contributed by atoms with Crippen LogP contribution in [-0.4, -0.2) is 56.2 Å². The normalized spacial score (nSPS) is 16.9. The van der Waals surface area contributed by atoms with Crippen LogP contribution in [0, 0.1) is 6.92 Å². The van der Waals surface area contributed by atoms with Gasteiger partial charge in [-0.3, -0.25) is 10.2 Å². The number of ether oxygens (including phenoxy) is 3. The third-order valence-electron chi connectivity index (χ3n) is 6.22. The SMILES string of the molecule is Cc1cccc(/C=N/Nc2cc(N3CCOCC3)cc(OCCCC(=O)OC3CCCCC3)n2)c1. The fourth-order valence-corrected chi connectivity index (χ4v) is 4.37. The quantitative estimate of drug-likeness (QED) is 0.228. The zero-order valence-corrected chi connectivity index (χ0v) is 20.6. The standard InChI is InChI=1S/C27H36N4O4/c1-21-7-5-8-22(17-21)20-28-30-25-18-23(31-12-15-33-16-13-31)19-26(29-25)34-14-6-11-27(32)35-24-9-3-2-4-10-24/h5,7-8,17-20,24H,2-4,6,9-16H2,1H3,(H,29,30)/b28-20+. The average molecular weight is 481 g/mol. The maximum absolute atomic E-state index is 12.2. The number of benzene rings is 1. The Hall–Kier alpha value is -3.13. The summed E-state index contributed by atoms with van der Waals surface area (Å²) in [6.45, 7) is 5.44. The Morgan fingerprint density at radius 3 is 2.83 bits per heavy atom. The number of hydrazone groups is 1. The monoisotopic (exact) mass is 480 g/mol. The van der Waals surface area contributed by atoms with Crippen LogP contribution < -0.4 is 15.1 Å². The summed E-state index contributed by atoms with van der Waals surface area (Å²) in [5.74, 6) is 0.968. The lowest BCUT2D eigenvalue weighted by atomic mass is 9.98. The molecule has 1 aromatic carbocycles. The van der Waals surface area contributed by atoms with Crippen molar-refractivity contribution in [3.63, 3.8) is 0 Å². The Kier molecular flexibility index (Phi) is 9.34. The van der Waals surface area contributed by atoms with Crippen molar-refractivity contribution in [1.82, 2.24) is 4.98 Å². The Morgan fingerprint density at radius 1 is 1.20 bits per heavy atom. The molecule has 188 valence electrons.